The normalized spacial score (nSPS) is 26.5. The summed E-state index contributed by atoms with van der Waals surface area (Å²) in [7, 11) is 1.72. The van der Waals surface area contributed by atoms with Crippen molar-refractivity contribution in [1.29, 1.82) is 0 Å². The molecule has 5 atom stereocenters. The lowest BCUT2D eigenvalue weighted by molar-refractivity contribution is -0.290. The van der Waals surface area contributed by atoms with Gasteiger partial charge in [-0.3, -0.25) is 14.5 Å². The maximum absolute atomic E-state index is 13.7. The van der Waals surface area contributed by atoms with E-state index < -0.39 is 29.9 Å². The van der Waals surface area contributed by atoms with E-state index in [1.807, 2.05) is 61.5 Å². The smallest absolute Gasteiger partial charge is 0.282 e. The van der Waals surface area contributed by atoms with Gasteiger partial charge in [-0.25, -0.2) is 4.39 Å². The Morgan fingerprint density at radius 2 is 1.62 bits per heavy atom. The van der Waals surface area contributed by atoms with Gasteiger partial charge in [0.15, 0.2) is 6.10 Å². The standard InChI is InChI=1S/C32H35FN2O5/c1-5-6-20-38-26-18-12-22(13-19-26)27-29(30(36)35(27)25-16-14-24(33)15-17-25)40-32(3)31(37)34(4)21(2)28(39-32)23-10-8-7-9-11-23/h7-19,21,27-29H,5-6,20H2,1-4H3/t21?,27-,28-,29+,32+/m1/s1. The van der Waals surface area contributed by atoms with Crippen molar-refractivity contribution in [3.8, 4) is 5.75 Å². The van der Waals surface area contributed by atoms with E-state index in [2.05, 4.69) is 6.92 Å². The zero-order valence-electron chi connectivity index (χ0n) is 23.2. The molecule has 2 aliphatic heterocycles. The largest absolute Gasteiger partial charge is 0.494 e. The van der Waals surface area contributed by atoms with Gasteiger partial charge in [-0.2, -0.15) is 0 Å². The summed E-state index contributed by atoms with van der Waals surface area (Å²) in [5, 5.41) is 0. The van der Waals surface area contributed by atoms with Crippen molar-refractivity contribution in [3.63, 3.8) is 0 Å². The average molecular weight is 547 g/mol. The number of ether oxygens (including phenoxy) is 3. The lowest BCUT2D eigenvalue weighted by Gasteiger charge is -2.52. The third kappa shape index (κ3) is 5.21. The highest BCUT2D eigenvalue weighted by molar-refractivity contribution is 6.05. The van der Waals surface area contributed by atoms with Crippen LogP contribution in [0.4, 0.5) is 10.1 Å². The number of unbranched alkanes of at least 4 members (excludes halogenated alkanes) is 1. The van der Waals surface area contributed by atoms with Crippen molar-refractivity contribution >= 4 is 17.5 Å². The molecule has 3 aromatic carbocycles. The maximum Gasteiger partial charge on any atom is 0.282 e. The van der Waals surface area contributed by atoms with E-state index >= 15 is 0 Å². The second-order valence-electron chi connectivity index (χ2n) is 10.5. The zero-order valence-corrected chi connectivity index (χ0v) is 23.2. The first-order valence-corrected chi connectivity index (χ1v) is 13.7. The molecule has 0 N–H and O–H groups in total. The highest BCUT2D eigenvalue weighted by Gasteiger charge is 2.57. The van der Waals surface area contributed by atoms with E-state index in [4.69, 9.17) is 14.2 Å². The Balaban J connectivity index is 1.45. The Bertz CT molecular complexity index is 1330. The molecule has 2 amide bonds. The van der Waals surface area contributed by atoms with Crippen LogP contribution in [0.15, 0.2) is 78.9 Å². The zero-order chi connectivity index (χ0) is 28.4. The van der Waals surface area contributed by atoms with E-state index in [1.54, 1.807) is 35.9 Å². The molecule has 0 saturated carbocycles. The van der Waals surface area contributed by atoms with Gasteiger partial charge in [0.25, 0.3) is 11.8 Å². The molecule has 0 bridgehead atoms. The molecule has 3 aromatic rings. The van der Waals surface area contributed by atoms with Crippen molar-refractivity contribution < 1.29 is 28.2 Å². The van der Waals surface area contributed by atoms with Crippen LogP contribution in [0, 0.1) is 5.82 Å². The Morgan fingerprint density at radius 3 is 2.27 bits per heavy atom. The fraction of sp³-hybridized carbons (Fsp3) is 0.375. The third-order valence-corrected chi connectivity index (χ3v) is 7.73. The number of morpholine rings is 1. The van der Waals surface area contributed by atoms with Gasteiger partial charge in [-0.05, 0) is 67.8 Å². The number of carbonyl (C=O) groups is 2. The summed E-state index contributed by atoms with van der Waals surface area (Å²) in [6.45, 7) is 6.22. The fourth-order valence-corrected chi connectivity index (χ4v) is 5.30. The van der Waals surface area contributed by atoms with Gasteiger partial charge in [-0.1, -0.05) is 55.8 Å². The van der Waals surface area contributed by atoms with Crippen LogP contribution in [-0.2, 0) is 19.1 Å². The summed E-state index contributed by atoms with van der Waals surface area (Å²) >= 11 is 0. The van der Waals surface area contributed by atoms with E-state index in [0.29, 0.717) is 12.3 Å². The second kappa shape index (κ2) is 11.4. The molecule has 2 heterocycles. The van der Waals surface area contributed by atoms with Gasteiger partial charge in [0.1, 0.15) is 17.7 Å². The van der Waals surface area contributed by atoms with Crippen LogP contribution in [0.25, 0.3) is 0 Å². The molecule has 40 heavy (non-hydrogen) atoms. The van der Waals surface area contributed by atoms with Crippen LogP contribution >= 0.6 is 0 Å². The molecule has 0 aliphatic carbocycles. The number of carbonyl (C=O) groups excluding carboxylic acids is 2. The quantitative estimate of drug-likeness (QED) is 0.250. The fourth-order valence-electron chi connectivity index (χ4n) is 5.30. The monoisotopic (exact) mass is 546 g/mol. The number of halogens is 1. The van der Waals surface area contributed by atoms with Crippen LogP contribution in [0.5, 0.6) is 5.75 Å². The van der Waals surface area contributed by atoms with Crippen LogP contribution in [0.2, 0.25) is 0 Å². The highest BCUT2D eigenvalue weighted by atomic mass is 19.1. The molecule has 0 spiro atoms. The highest BCUT2D eigenvalue weighted by Crippen LogP contribution is 2.45. The van der Waals surface area contributed by atoms with E-state index in [1.165, 1.54) is 12.1 Å². The van der Waals surface area contributed by atoms with Gasteiger partial charge < -0.3 is 19.1 Å². The lowest BCUT2D eigenvalue weighted by atomic mass is 9.89. The maximum atomic E-state index is 13.7. The first-order chi connectivity index (χ1) is 19.2. The third-order valence-electron chi connectivity index (χ3n) is 7.73. The molecular formula is C32H35FN2O5. The topological polar surface area (TPSA) is 68.3 Å². The summed E-state index contributed by atoms with van der Waals surface area (Å²) in [4.78, 5) is 30.3. The van der Waals surface area contributed by atoms with Crippen molar-refractivity contribution in [3.05, 3.63) is 95.8 Å². The molecule has 210 valence electrons. The van der Waals surface area contributed by atoms with Crippen LogP contribution < -0.4 is 9.64 Å². The number of β-lactam (4-membered cyclic amide) rings is 1. The number of rotatable bonds is 9. The molecule has 2 aliphatic rings. The minimum atomic E-state index is -1.70. The molecule has 5 rings (SSSR count). The minimum Gasteiger partial charge on any atom is -0.494 e. The minimum absolute atomic E-state index is 0.240. The summed E-state index contributed by atoms with van der Waals surface area (Å²) in [6.07, 6.45) is 0.544. The van der Waals surface area contributed by atoms with Gasteiger partial charge in [0.2, 0.25) is 5.79 Å². The van der Waals surface area contributed by atoms with Gasteiger partial charge in [0, 0.05) is 12.7 Å². The summed E-state index contributed by atoms with van der Waals surface area (Å²) in [6, 6.07) is 22.1. The average Bonchev–Trinajstić information content (AvgIpc) is 2.97. The molecule has 8 heteroatoms. The summed E-state index contributed by atoms with van der Waals surface area (Å²) < 4.78 is 32.2. The van der Waals surface area contributed by atoms with Crippen LogP contribution in [-0.4, -0.2) is 48.3 Å². The number of amides is 2. The number of likely N-dealkylation sites (N-methyl/N-ethyl adjacent to an activating group) is 1. The first-order valence-electron chi connectivity index (χ1n) is 13.7. The molecule has 7 nitrogen and oxygen atoms in total. The Kier molecular flexibility index (Phi) is 7.92. The Labute approximate surface area is 234 Å². The molecule has 1 unspecified atom stereocenters. The van der Waals surface area contributed by atoms with Crippen molar-refractivity contribution in [2.75, 3.05) is 18.6 Å². The number of hydrogen-bond acceptors (Lipinski definition) is 5. The molecule has 0 radical (unpaired) electrons. The lowest BCUT2D eigenvalue weighted by Crippen LogP contribution is -2.67. The predicted molar refractivity (Wildman–Crippen MR) is 149 cm³/mol. The van der Waals surface area contributed by atoms with Crippen LogP contribution in [0.3, 0.4) is 0 Å². The van der Waals surface area contributed by atoms with Crippen molar-refractivity contribution in [2.24, 2.45) is 0 Å². The first kappa shape index (κ1) is 27.8. The van der Waals surface area contributed by atoms with E-state index in [-0.39, 0.29) is 17.9 Å². The van der Waals surface area contributed by atoms with Gasteiger partial charge in [-0.15, -0.1) is 0 Å². The molecular weight excluding hydrogens is 511 g/mol. The van der Waals surface area contributed by atoms with Crippen molar-refractivity contribution in [2.45, 2.75) is 63.7 Å². The van der Waals surface area contributed by atoms with Gasteiger partial charge in [0.05, 0.1) is 18.7 Å². The van der Waals surface area contributed by atoms with Crippen LogP contribution in [0.1, 0.15) is 56.9 Å². The van der Waals surface area contributed by atoms with Gasteiger partial charge >= 0.3 is 0 Å². The Hall–Kier alpha value is -3.75. The number of anilines is 1. The summed E-state index contributed by atoms with van der Waals surface area (Å²) in [5.41, 5.74) is 2.24. The van der Waals surface area contributed by atoms with E-state index in [0.717, 1.165) is 29.7 Å². The molecule has 2 saturated heterocycles. The van der Waals surface area contributed by atoms with Crippen molar-refractivity contribution in [1.82, 2.24) is 4.90 Å². The predicted octanol–water partition coefficient (Wildman–Crippen LogP) is 5.81. The number of benzene rings is 3. The number of hydrogen-bond donors (Lipinski definition) is 0. The van der Waals surface area contributed by atoms with E-state index in [9.17, 15) is 14.0 Å². The number of nitrogens with zero attached hydrogens (tertiary/aromatic N) is 2. The molecule has 0 aromatic heterocycles. The second-order valence-corrected chi connectivity index (χ2v) is 10.5. The SMILES string of the molecule is CCCCOc1ccc([C@@H]2[C@H](O[C@]3(C)O[C@@H](c4ccccc4)C(C)N(C)C3=O)C(=O)N2c2ccc(F)cc2)cc1. The molecule has 2 fully saturated rings. The Morgan fingerprint density at radius 1 is 0.950 bits per heavy atom. The summed E-state index contributed by atoms with van der Waals surface area (Å²) in [5.74, 6) is -2.06.